The van der Waals surface area contributed by atoms with Gasteiger partial charge in [0.25, 0.3) is 0 Å². The van der Waals surface area contributed by atoms with Crippen LogP contribution >= 0.6 is 0 Å². The van der Waals surface area contributed by atoms with E-state index in [1.54, 1.807) is 0 Å². The summed E-state index contributed by atoms with van der Waals surface area (Å²) in [5.74, 6) is 0. The van der Waals surface area contributed by atoms with Crippen LogP contribution in [0.3, 0.4) is 0 Å². The van der Waals surface area contributed by atoms with Gasteiger partial charge in [-0.05, 0) is 193 Å². The molecule has 2 aliphatic carbocycles. The average molecular weight is 881 g/mol. The number of aryl methyl sites for hydroxylation is 1. The van der Waals surface area contributed by atoms with Crippen molar-refractivity contribution in [2.24, 2.45) is 0 Å². The van der Waals surface area contributed by atoms with Crippen molar-refractivity contribution in [3.05, 3.63) is 246 Å². The van der Waals surface area contributed by atoms with Crippen LogP contribution < -0.4 is 4.90 Å². The Kier molecular flexibility index (Phi) is 13.0. The number of fused-ring (bicyclic) bond motifs is 4. The van der Waals surface area contributed by atoms with Crippen LogP contribution in [0.25, 0.3) is 66.5 Å². The minimum atomic E-state index is 0.903. The Morgan fingerprint density at radius 2 is 1.41 bits per heavy atom. The highest BCUT2D eigenvalue weighted by Crippen LogP contribution is 2.43. The van der Waals surface area contributed by atoms with Crippen LogP contribution in [0.5, 0.6) is 0 Å². The van der Waals surface area contributed by atoms with Gasteiger partial charge in [-0.2, -0.15) is 0 Å². The molecule has 0 unspecified atom stereocenters. The Morgan fingerprint density at radius 1 is 0.647 bits per heavy atom. The Bertz CT molecular complexity index is 3400. The fourth-order valence-electron chi connectivity index (χ4n) is 10.3. The molecule has 10 rings (SSSR count). The second-order valence-electron chi connectivity index (χ2n) is 18.4. The summed E-state index contributed by atoms with van der Waals surface area (Å²) in [5.41, 5.74) is 18.7. The summed E-state index contributed by atoms with van der Waals surface area (Å²) in [4.78, 5) is 2.43. The van der Waals surface area contributed by atoms with Crippen LogP contribution in [0.4, 0.5) is 17.1 Å². The van der Waals surface area contributed by atoms with Crippen LogP contribution in [0.1, 0.15) is 69.7 Å². The molecule has 0 bridgehead atoms. The number of aromatic nitrogens is 1. The number of anilines is 3. The van der Waals surface area contributed by atoms with Gasteiger partial charge in [-0.15, -0.1) is 0 Å². The van der Waals surface area contributed by atoms with Crippen LogP contribution in [0, 0.1) is 6.92 Å². The fraction of sp³-hybridized carbons (Fsp3) is 0.152. The molecule has 8 aromatic rings. The maximum atomic E-state index is 2.47. The molecular weight excluding hydrogens is 821 g/mol. The van der Waals surface area contributed by atoms with Crippen molar-refractivity contribution in [1.82, 2.24) is 4.57 Å². The van der Waals surface area contributed by atoms with E-state index in [-0.39, 0.29) is 0 Å². The highest BCUT2D eigenvalue weighted by molar-refractivity contribution is 6.14. The molecule has 0 amide bonds. The van der Waals surface area contributed by atoms with Gasteiger partial charge < -0.3 is 9.47 Å². The Labute approximate surface area is 403 Å². The molecule has 68 heavy (non-hydrogen) atoms. The molecule has 2 heteroatoms. The van der Waals surface area contributed by atoms with E-state index >= 15 is 0 Å². The van der Waals surface area contributed by atoms with E-state index in [9.17, 15) is 0 Å². The third-order valence-corrected chi connectivity index (χ3v) is 13.5. The zero-order valence-corrected chi connectivity index (χ0v) is 39.9. The monoisotopic (exact) mass is 880 g/mol. The Morgan fingerprint density at radius 3 is 2.19 bits per heavy atom. The van der Waals surface area contributed by atoms with Crippen molar-refractivity contribution < 1.29 is 0 Å². The van der Waals surface area contributed by atoms with Crippen molar-refractivity contribution in [2.75, 3.05) is 4.90 Å². The van der Waals surface area contributed by atoms with E-state index in [0.29, 0.717) is 0 Å². The summed E-state index contributed by atoms with van der Waals surface area (Å²) in [5, 5.41) is 6.38. The third-order valence-electron chi connectivity index (χ3n) is 13.5. The van der Waals surface area contributed by atoms with Crippen molar-refractivity contribution >= 4 is 61.3 Å². The molecule has 0 aliphatic heterocycles. The molecule has 2 nitrogen and oxygen atoms in total. The molecule has 0 radical (unpaired) electrons. The van der Waals surface area contributed by atoms with Crippen LogP contribution in [-0.4, -0.2) is 4.57 Å². The summed E-state index contributed by atoms with van der Waals surface area (Å²) in [6.07, 6.45) is 33.2. The summed E-state index contributed by atoms with van der Waals surface area (Å²) < 4.78 is 2.47. The van der Waals surface area contributed by atoms with Gasteiger partial charge in [0.1, 0.15) is 0 Å². The summed E-state index contributed by atoms with van der Waals surface area (Å²) >= 11 is 0. The zero-order valence-electron chi connectivity index (χ0n) is 39.9. The van der Waals surface area contributed by atoms with Gasteiger partial charge in [-0.1, -0.05) is 163 Å². The lowest BCUT2D eigenvalue weighted by Gasteiger charge is -2.27. The summed E-state index contributed by atoms with van der Waals surface area (Å²) in [6, 6.07) is 54.4. The standard InChI is InChI=1S/C66H60N2/c1-5-6-7-8-11-22-50-23-12-9-13-24-52(50)44-49-35-39-56(40-36-49)67(57-41-37-51(38-42-57)63-46-54-25-16-17-30-59(54)61-31-18-19-32-62(61)63)58-29-20-26-53(45-58)60-33-21-34-64-66(60)48(4)65(43-47(2)3)68(64)55-27-14-10-15-28-55/h5-9,12,14,16-21,23-43,45-46H,10-11,13,15,22,44H2,1-4H3/b6-5-,8-7?. The maximum Gasteiger partial charge on any atom is 0.0543 e. The molecule has 0 N–H and O–H groups in total. The predicted molar refractivity (Wildman–Crippen MR) is 296 cm³/mol. The van der Waals surface area contributed by atoms with Crippen molar-refractivity contribution in [2.45, 2.75) is 66.2 Å². The first-order valence-corrected chi connectivity index (χ1v) is 24.4. The summed E-state index contributed by atoms with van der Waals surface area (Å²) in [6.45, 7) is 8.75. The van der Waals surface area contributed by atoms with Crippen molar-refractivity contribution in [1.29, 1.82) is 0 Å². The lowest BCUT2D eigenvalue weighted by atomic mass is 9.93. The van der Waals surface area contributed by atoms with Crippen molar-refractivity contribution in [3.63, 3.8) is 0 Å². The lowest BCUT2D eigenvalue weighted by Crippen LogP contribution is -2.10. The number of allylic oxidation sites excluding steroid dienone is 15. The molecule has 0 atom stereocenters. The minimum Gasteiger partial charge on any atom is -0.310 e. The molecule has 0 fully saturated rings. The normalized spacial score (nSPS) is 13.9. The third kappa shape index (κ3) is 9.07. The molecule has 7 aromatic carbocycles. The molecule has 1 heterocycles. The van der Waals surface area contributed by atoms with Crippen LogP contribution in [-0.2, 0) is 6.42 Å². The first-order chi connectivity index (χ1) is 33.4. The first kappa shape index (κ1) is 44.2. The predicted octanol–water partition coefficient (Wildman–Crippen LogP) is 18.9. The quantitative estimate of drug-likeness (QED) is 0.0827. The number of nitrogens with zero attached hydrogens (tertiary/aromatic N) is 2. The maximum absolute atomic E-state index is 2.47. The number of rotatable bonds is 13. The smallest absolute Gasteiger partial charge is 0.0543 e. The number of hydrogen-bond acceptors (Lipinski definition) is 1. The highest BCUT2D eigenvalue weighted by atomic mass is 15.1. The van der Waals surface area contributed by atoms with Gasteiger partial charge in [0.05, 0.1) is 5.52 Å². The molecule has 1 aromatic heterocycles. The molecular formula is C66H60N2. The van der Waals surface area contributed by atoms with Gasteiger partial charge >= 0.3 is 0 Å². The SMILES string of the molecule is C/C=C\C=CCCC1=CC=CCC=C1Cc1ccc(N(c2ccc(-c3cc4ccccc4c4ccccc34)cc2)c2cccc(-c3cccc4c3c(C)c(C=C(C)C)n4C3=CCCC=C3)c2)cc1. The van der Waals surface area contributed by atoms with Gasteiger partial charge in [0, 0.05) is 33.8 Å². The second-order valence-corrected chi connectivity index (χ2v) is 18.4. The second kappa shape index (κ2) is 20.0. The Balaban J connectivity index is 1.06. The van der Waals surface area contributed by atoms with E-state index in [2.05, 4.69) is 256 Å². The molecule has 334 valence electrons. The fourth-order valence-corrected chi connectivity index (χ4v) is 10.3. The van der Waals surface area contributed by atoms with Gasteiger partial charge in [-0.3, -0.25) is 0 Å². The Hall–Kier alpha value is -7.68. The van der Waals surface area contributed by atoms with Gasteiger partial charge in [0.2, 0.25) is 0 Å². The van der Waals surface area contributed by atoms with Gasteiger partial charge in [0.15, 0.2) is 0 Å². The molecule has 0 saturated heterocycles. The first-order valence-electron chi connectivity index (χ1n) is 24.4. The van der Waals surface area contributed by atoms with E-state index < -0.39 is 0 Å². The topological polar surface area (TPSA) is 8.17 Å². The van der Waals surface area contributed by atoms with E-state index in [1.165, 1.54) is 93.9 Å². The van der Waals surface area contributed by atoms with Gasteiger partial charge in [-0.25, -0.2) is 0 Å². The van der Waals surface area contributed by atoms with E-state index in [1.807, 2.05) is 0 Å². The van der Waals surface area contributed by atoms with Crippen molar-refractivity contribution in [3.8, 4) is 22.3 Å². The average Bonchev–Trinajstić information content (AvgIpc) is 3.48. The molecule has 0 saturated carbocycles. The van der Waals surface area contributed by atoms with Crippen LogP contribution in [0.2, 0.25) is 0 Å². The number of benzene rings is 7. The summed E-state index contributed by atoms with van der Waals surface area (Å²) in [7, 11) is 0. The van der Waals surface area contributed by atoms with E-state index in [4.69, 9.17) is 0 Å². The zero-order chi connectivity index (χ0) is 46.4. The van der Waals surface area contributed by atoms with E-state index in [0.717, 1.165) is 55.6 Å². The number of hydrogen-bond donors (Lipinski definition) is 0. The largest absolute Gasteiger partial charge is 0.310 e. The molecule has 2 aliphatic rings. The van der Waals surface area contributed by atoms with Crippen LogP contribution in [0.15, 0.2) is 229 Å². The highest BCUT2D eigenvalue weighted by Gasteiger charge is 2.21. The lowest BCUT2D eigenvalue weighted by molar-refractivity contribution is 0.959. The molecule has 0 spiro atoms. The minimum absolute atomic E-state index is 0.903.